The highest BCUT2D eigenvalue weighted by Gasteiger charge is 2.17. The Balaban J connectivity index is 2.78. The molecule has 1 amide bonds. The van der Waals surface area contributed by atoms with Crippen molar-refractivity contribution >= 4 is 28.2 Å². The zero-order chi connectivity index (χ0) is 12.1. The summed E-state index contributed by atoms with van der Waals surface area (Å²) in [5.74, 6) is -0.767. The van der Waals surface area contributed by atoms with E-state index in [0.29, 0.717) is 17.2 Å². The molecule has 5 nitrogen and oxygen atoms in total. The second kappa shape index (κ2) is 5.62. The van der Waals surface area contributed by atoms with Crippen LogP contribution in [0.15, 0.2) is 11.4 Å². The van der Waals surface area contributed by atoms with E-state index >= 15 is 0 Å². The molecule has 1 rings (SSSR count). The Kier molecular flexibility index (Phi) is 4.45. The highest BCUT2D eigenvalue weighted by atomic mass is 32.1. The van der Waals surface area contributed by atoms with Crippen LogP contribution in [-0.4, -0.2) is 24.5 Å². The number of nitrogens with two attached hydrogens (primary N) is 1. The molecule has 0 aliphatic rings. The minimum atomic E-state index is -0.614. The summed E-state index contributed by atoms with van der Waals surface area (Å²) in [6, 6.07) is 0.997. The fraction of sp³-hybridized carbons (Fsp3) is 0.400. The largest absolute Gasteiger partial charge is 0.462 e. The monoisotopic (exact) mass is 242 g/mol. The molecule has 0 saturated heterocycles. The summed E-state index contributed by atoms with van der Waals surface area (Å²) in [7, 11) is 0. The number of rotatable bonds is 4. The van der Waals surface area contributed by atoms with Crippen LogP contribution in [0.4, 0.5) is 5.00 Å². The average Bonchev–Trinajstić information content (AvgIpc) is 2.66. The van der Waals surface area contributed by atoms with Gasteiger partial charge in [0.05, 0.1) is 18.2 Å². The van der Waals surface area contributed by atoms with E-state index in [0.717, 1.165) is 0 Å². The van der Waals surface area contributed by atoms with E-state index < -0.39 is 12.0 Å². The maximum atomic E-state index is 11.5. The normalized spacial score (nSPS) is 11.9. The summed E-state index contributed by atoms with van der Waals surface area (Å²) in [5.41, 5.74) is 5.78. The highest BCUT2D eigenvalue weighted by Crippen LogP contribution is 2.24. The van der Waals surface area contributed by atoms with Crippen LogP contribution in [0, 0.1) is 0 Å². The molecule has 1 aromatic rings. The molecule has 88 valence electrons. The van der Waals surface area contributed by atoms with Gasteiger partial charge in [0.1, 0.15) is 5.00 Å². The number of carbonyl (C=O) groups is 2. The van der Waals surface area contributed by atoms with Gasteiger partial charge in [-0.2, -0.15) is 0 Å². The summed E-state index contributed by atoms with van der Waals surface area (Å²) in [5, 5.41) is 4.77. The number of nitrogens with one attached hydrogen (secondary N) is 1. The third-order valence-corrected chi connectivity index (χ3v) is 2.64. The number of carbonyl (C=O) groups excluding carboxylic acids is 2. The molecule has 1 atom stereocenters. The third kappa shape index (κ3) is 3.04. The molecule has 16 heavy (non-hydrogen) atoms. The maximum absolute atomic E-state index is 11.5. The lowest BCUT2D eigenvalue weighted by Crippen LogP contribution is -2.32. The van der Waals surface area contributed by atoms with Gasteiger partial charge in [0.2, 0.25) is 5.91 Å². The van der Waals surface area contributed by atoms with Crippen molar-refractivity contribution in [1.29, 1.82) is 0 Å². The smallest absolute Gasteiger partial charge is 0.341 e. The predicted octanol–water partition coefficient (Wildman–Crippen LogP) is 1.21. The molecule has 0 saturated carbocycles. The second-order valence-corrected chi connectivity index (χ2v) is 4.08. The summed E-state index contributed by atoms with van der Waals surface area (Å²) in [6.45, 7) is 3.60. The average molecular weight is 242 g/mol. The molecule has 0 radical (unpaired) electrons. The molecule has 0 spiro atoms. The van der Waals surface area contributed by atoms with Crippen LogP contribution in [-0.2, 0) is 9.53 Å². The van der Waals surface area contributed by atoms with E-state index in [1.807, 2.05) is 0 Å². The van der Waals surface area contributed by atoms with Crippen molar-refractivity contribution in [3.8, 4) is 0 Å². The van der Waals surface area contributed by atoms with E-state index in [1.54, 1.807) is 25.3 Å². The Labute approximate surface area is 97.6 Å². The number of ether oxygens (including phenoxy) is 1. The summed E-state index contributed by atoms with van der Waals surface area (Å²) < 4.78 is 4.85. The molecule has 0 unspecified atom stereocenters. The van der Waals surface area contributed by atoms with Crippen LogP contribution < -0.4 is 11.1 Å². The zero-order valence-corrected chi connectivity index (χ0v) is 9.97. The SMILES string of the molecule is CCOC(=O)c1ccsc1NC(=O)[C@@H](C)N. The van der Waals surface area contributed by atoms with Crippen LogP contribution in [0.3, 0.4) is 0 Å². The number of esters is 1. The molecule has 3 N–H and O–H groups in total. The first kappa shape index (κ1) is 12.7. The Hall–Kier alpha value is -1.40. The van der Waals surface area contributed by atoms with E-state index in [9.17, 15) is 9.59 Å². The van der Waals surface area contributed by atoms with Crippen LogP contribution in [0.5, 0.6) is 0 Å². The van der Waals surface area contributed by atoms with Gasteiger partial charge in [0.15, 0.2) is 0 Å². The topological polar surface area (TPSA) is 81.4 Å². The maximum Gasteiger partial charge on any atom is 0.341 e. The number of thiophene rings is 1. The lowest BCUT2D eigenvalue weighted by molar-refractivity contribution is -0.117. The van der Waals surface area contributed by atoms with Crippen molar-refractivity contribution in [3.05, 3.63) is 17.0 Å². The molecule has 0 fully saturated rings. The molecule has 1 heterocycles. The molecule has 0 aliphatic heterocycles. The van der Waals surface area contributed by atoms with Crippen LogP contribution >= 0.6 is 11.3 Å². The molecule has 0 bridgehead atoms. The number of hydrogen-bond donors (Lipinski definition) is 2. The molecule has 0 aliphatic carbocycles. The lowest BCUT2D eigenvalue weighted by atomic mass is 10.3. The van der Waals surface area contributed by atoms with Gasteiger partial charge in [-0.1, -0.05) is 0 Å². The van der Waals surface area contributed by atoms with Gasteiger partial charge in [-0.05, 0) is 25.3 Å². The van der Waals surface area contributed by atoms with Gasteiger partial charge in [-0.25, -0.2) is 4.79 Å². The standard InChI is InChI=1S/C10H14N2O3S/c1-3-15-10(14)7-4-5-16-9(7)12-8(13)6(2)11/h4-6H,3,11H2,1-2H3,(H,12,13)/t6-/m1/s1. The van der Waals surface area contributed by atoms with Gasteiger partial charge in [-0.3, -0.25) is 4.79 Å². The van der Waals surface area contributed by atoms with E-state index in [2.05, 4.69) is 5.32 Å². The quantitative estimate of drug-likeness (QED) is 0.777. The van der Waals surface area contributed by atoms with Crippen molar-refractivity contribution in [3.63, 3.8) is 0 Å². The van der Waals surface area contributed by atoms with Crippen molar-refractivity contribution in [2.24, 2.45) is 5.73 Å². The van der Waals surface area contributed by atoms with Crippen molar-refractivity contribution < 1.29 is 14.3 Å². The van der Waals surface area contributed by atoms with E-state index in [-0.39, 0.29) is 5.91 Å². The van der Waals surface area contributed by atoms with Crippen molar-refractivity contribution in [1.82, 2.24) is 0 Å². The first-order valence-electron chi connectivity index (χ1n) is 4.87. The predicted molar refractivity (Wildman–Crippen MR) is 62.6 cm³/mol. The Morgan fingerprint density at radius 3 is 2.88 bits per heavy atom. The molecule has 6 heteroatoms. The summed E-state index contributed by atoms with van der Waals surface area (Å²) in [4.78, 5) is 22.8. The fourth-order valence-corrected chi connectivity index (χ4v) is 1.78. The van der Waals surface area contributed by atoms with Crippen LogP contribution in [0.1, 0.15) is 24.2 Å². The zero-order valence-electron chi connectivity index (χ0n) is 9.15. The van der Waals surface area contributed by atoms with Gasteiger partial charge in [0.25, 0.3) is 0 Å². The molecular formula is C10H14N2O3S. The third-order valence-electron chi connectivity index (χ3n) is 1.81. The first-order valence-corrected chi connectivity index (χ1v) is 5.75. The highest BCUT2D eigenvalue weighted by molar-refractivity contribution is 7.14. The van der Waals surface area contributed by atoms with Crippen molar-refractivity contribution in [2.75, 3.05) is 11.9 Å². The van der Waals surface area contributed by atoms with E-state index in [4.69, 9.17) is 10.5 Å². The lowest BCUT2D eigenvalue weighted by Gasteiger charge is -2.07. The Morgan fingerprint density at radius 1 is 1.62 bits per heavy atom. The number of hydrogen-bond acceptors (Lipinski definition) is 5. The van der Waals surface area contributed by atoms with Gasteiger partial charge >= 0.3 is 5.97 Å². The van der Waals surface area contributed by atoms with Gasteiger partial charge in [0, 0.05) is 0 Å². The molecule has 1 aromatic heterocycles. The molecule has 0 aromatic carbocycles. The van der Waals surface area contributed by atoms with Gasteiger partial charge < -0.3 is 15.8 Å². The summed E-state index contributed by atoms with van der Waals surface area (Å²) in [6.07, 6.45) is 0. The summed E-state index contributed by atoms with van der Waals surface area (Å²) >= 11 is 1.26. The number of anilines is 1. The second-order valence-electron chi connectivity index (χ2n) is 3.16. The minimum absolute atomic E-state index is 0.301. The van der Waals surface area contributed by atoms with Crippen LogP contribution in [0.2, 0.25) is 0 Å². The number of amides is 1. The first-order chi connectivity index (χ1) is 7.56. The van der Waals surface area contributed by atoms with Crippen LogP contribution in [0.25, 0.3) is 0 Å². The van der Waals surface area contributed by atoms with Crippen molar-refractivity contribution in [2.45, 2.75) is 19.9 Å². The fourth-order valence-electron chi connectivity index (χ4n) is 1.00. The Bertz CT molecular complexity index is 387. The van der Waals surface area contributed by atoms with E-state index in [1.165, 1.54) is 11.3 Å². The molecular weight excluding hydrogens is 228 g/mol. The Morgan fingerprint density at radius 2 is 2.31 bits per heavy atom. The van der Waals surface area contributed by atoms with Gasteiger partial charge in [-0.15, -0.1) is 11.3 Å². The minimum Gasteiger partial charge on any atom is -0.462 e.